The van der Waals surface area contributed by atoms with Gasteiger partial charge in [0.25, 0.3) is 0 Å². The van der Waals surface area contributed by atoms with Gasteiger partial charge in [0, 0.05) is 23.9 Å². The highest BCUT2D eigenvalue weighted by Gasteiger charge is 2.53. The molecular formula is C14H16ClNO2. The van der Waals surface area contributed by atoms with Crippen molar-refractivity contribution < 1.29 is 9.53 Å². The molecule has 1 aromatic carbocycles. The second kappa shape index (κ2) is 4.47. The average molecular weight is 266 g/mol. The van der Waals surface area contributed by atoms with Gasteiger partial charge in [-0.25, -0.2) is 4.79 Å². The Balaban J connectivity index is 1.44. The molecule has 18 heavy (non-hydrogen) atoms. The minimum absolute atomic E-state index is 0.206. The van der Waals surface area contributed by atoms with E-state index in [1.165, 1.54) is 0 Å². The van der Waals surface area contributed by atoms with Gasteiger partial charge in [-0.2, -0.15) is 0 Å². The van der Waals surface area contributed by atoms with Crippen molar-refractivity contribution in [2.24, 2.45) is 5.41 Å². The number of benzene rings is 1. The predicted octanol–water partition coefficient (Wildman–Crippen LogP) is 3.03. The number of hydrogen-bond donors (Lipinski definition) is 0. The van der Waals surface area contributed by atoms with Crippen molar-refractivity contribution in [2.45, 2.75) is 24.8 Å². The second-order valence-electron chi connectivity index (χ2n) is 5.40. The Morgan fingerprint density at radius 1 is 1.33 bits per heavy atom. The average Bonchev–Trinajstić information content (AvgIpc) is 2.30. The number of halogens is 1. The van der Waals surface area contributed by atoms with Crippen LogP contribution in [0.2, 0.25) is 0 Å². The lowest BCUT2D eigenvalue weighted by molar-refractivity contribution is -0.0513. The van der Waals surface area contributed by atoms with Crippen molar-refractivity contribution in [2.75, 3.05) is 13.1 Å². The molecule has 0 aromatic heterocycles. The summed E-state index contributed by atoms with van der Waals surface area (Å²) in [6.07, 6.45) is 1.87. The molecule has 0 unspecified atom stereocenters. The van der Waals surface area contributed by atoms with E-state index in [0.29, 0.717) is 17.4 Å². The molecule has 3 nitrogen and oxygen atoms in total. The Kier molecular flexibility index (Phi) is 2.94. The van der Waals surface area contributed by atoms with E-state index < -0.39 is 0 Å². The summed E-state index contributed by atoms with van der Waals surface area (Å²) >= 11 is 5.98. The SMILES string of the molecule is O=C(OCc1ccccc1)N1CC2(CC(Cl)C2)C1. The van der Waals surface area contributed by atoms with Gasteiger partial charge in [0.15, 0.2) is 0 Å². The molecular weight excluding hydrogens is 250 g/mol. The molecule has 1 aliphatic carbocycles. The summed E-state index contributed by atoms with van der Waals surface area (Å²) in [6, 6.07) is 9.74. The monoisotopic (exact) mass is 265 g/mol. The van der Waals surface area contributed by atoms with Gasteiger partial charge < -0.3 is 9.64 Å². The molecule has 0 radical (unpaired) electrons. The Bertz CT molecular complexity index is 434. The minimum atomic E-state index is -0.206. The van der Waals surface area contributed by atoms with E-state index in [4.69, 9.17) is 16.3 Å². The molecule has 2 fully saturated rings. The summed E-state index contributed by atoms with van der Waals surface area (Å²) in [5.41, 5.74) is 1.34. The third kappa shape index (κ3) is 2.19. The predicted molar refractivity (Wildman–Crippen MR) is 69.5 cm³/mol. The van der Waals surface area contributed by atoms with Crippen LogP contribution >= 0.6 is 11.6 Å². The van der Waals surface area contributed by atoms with Gasteiger partial charge >= 0.3 is 6.09 Å². The number of rotatable bonds is 2. The third-order valence-corrected chi connectivity index (χ3v) is 4.13. The summed E-state index contributed by atoms with van der Waals surface area (Å²) in [7, 11) is 0. The van der Waals surface area contributed by atoms with Crippen LogP contribution in [0.3, 0.4) is 0 Å². The number of ether oxygens (including phenoxy) is 1. The Labute approximate surface area is 112 Å². The summed E-state index contributed by atoms with van der Waals surface area (Å²) in [5, 5.41) is 0.312. The third-order valence-electron chi connectivity index (χ3n) is 3.82. The fraction of sp³-hybridized carbons (Fsp3) is 0.500. The molecule has 96 valence electrons. The van der Waals surface area contributed by atoms with Crippen LogP contribution in [0.15, 0.2) is 30.3 Å². The number of likely N-dealkylation sites (tertiary alicyclic amines) is 1. The summed E-state index contributed by atoms with van der Waals surface area (Å²) in [4.78, 5) is 13.5. The van der Waals surface area contributed by atoms with Crippen LogP contribution < -0.4 is 0 Å². The van der Waals surface area contributed by atoms with Crippen LogP contribution in [0.5, 0.6) is 0 Å². The molecule has 1 spiro atoms. The fourth-order valence-corrected chi connectivity index (χ4v) is 3.50. The topological polar surface area (TPSA) is 29.5 Å². The molecule has 3 rings (SSSR count). The maximum absolute atomic E-state index is 11.8. The highest BCUT2D eigenvalue weighted by Crippen LogP contribution is 2.50. The first-order valence-corrected chi connectivity index (χ1v) is 6.70. The van der Waals surface area contributed by atoms with E-state index in [1.54, 1.807) is 4.90 Å². The van der Waals surface area contributed by atoms with Gasteiger partial charge in [-0.1, -0.05) is 30.3 Å². The second-order valence-corrected chi connectivity index (χ2v) is 6.02. The highest BCUT2D eigenvalue weighted by atomic mass is 35.5. The van der Waals surface area contributed by atoms with E-state index in [9.17, 15) is 4.79 Å². The lowest BCUT2D eigenvalue weighted by atomic mass is 9.63. The van der Waals surface area contributed by atoms with Crippen molar-refractivity contribution in [3.63, 3.8) is 0 Å². The Hall–Kier alpha value is -1.22. The molecule has 1 saturated heterocycles. The van der Waals surface area contributed by atoms with Gasteiger partial charge in [0.05, 0.1) is 0 Å². The number of carbonyl (C=O) groups is 1. The van der Waals surface area contributed by atoms with Gasteiger partial charge in [-0.15, -0.1) is 11.6 Å². The molecule has 1 aromatic rings. The van der Waals surface area contributed by atoms with Crippen molar-refractivity contribution in [3.8, 4) is 0 Å². The molecule has 1 amide bonds. The normalized spacial score (nSPS) is 21.3. The van der Waals surface area contributed by atoms with Gasteiger partial charge in [-0.3, -0.25) is 0 Å². The van der Waals surface area contributed by atoms with Crippen molar-refractivity contribution in [1.29, 1.82) is 0 Å². The standard InChI is InChI=1S/C14H16ClNO2/c15-12-6-14(7-12)9-16(10-14)13(17)18-8-11-4-2-1-3-5-11/h1-5,12H,6-10H2. The van der Waals surface area contributed by atoms with Crippen LogP contribution in [-0.2, 0) is 11.3 Å². The van der Waals surface area contributed by atoms with Crippen LogP contribution in [0.1, 0.15) is 18.4 Å². The fourth-order valence-electron chi connectivity index (χ4n) is 2.84. The molecule has 4 heteroatoms. The maximum Gasteiger partial charge on any atom is 0.410 e. The molecule has 1 heterocycles. The van der Waals surface area contributed by atoms with E-state index in [2.05, 4.69) is 0 Å². The van der Waals surface area contributed by atoms with Crippen molar-refractivity contribution >= 4 is 17.7 Å². The van der Waals surface area contributed by atoms with Crippen LogP contribution in [0.4, 0.5) is 4.79 Å². The lowest BCUT2D eigenvalue weighted by Gasteiger charge is -2.57. The zero-order chi connectivity index (χ0) is 12.6. The zero-order valence-corrected chi connectivity index (χ0v) is 10.9. The molecule has 0 atom stereocenters. The van der Waals surface area contributed by atoms with Crippen molar-refractivity contribution in [1.82, 2.24) is 4.90 Å². The van der Waals surface area contributed by atoms with Crippen LogP contribution in [0, 0.1) is 5.41 Å². The zero-order valence-electron chi connectivity index (χ0n) is 10.1. The number of hydrogen-bond acceptors (Lipinski definition) is 2. The number of amides is 1. The van der Waals surface area contributed by atoms with Crippen LogP contribution in [-0.4, -0.2) is 29.5 Å². The van der Waals surface area contributed by atoms with E-state index >= 15 is 0 Å². The number of carbonyl (C=O) groups excluding carboxylic acids is 1. The van der Waals surface area contributed by atoms with Gasteiger partial charge in [0.2, 0.25) is 0 Å². The summed E-state index contributed by atoms with van der Waals surface area (Å²) in [6.45, 7) is 1.97. The molecule has 1 saturated carbocycles. The first kappa shape index (κ1) is 11.8. The summed E-state index contributed by atoms with van der Waals surface area (Å²) < 4.78 is 5.27. The van der Waals surface area contributed by atoms with Crippen LogP contribution in [0.25, 0.3) is 0 Å². The van der Waals surface area contributed by atoms with Gasteiger partial charge in [0.1, 0.15) is 6.61 Å². The smallest absolute Gasteiger partial charge is 0.410 e. The quantitative estimate of drug-likeness (QED) is 0.770. The van der Waals surface area contributed by atoms with E-state index in [-0.39, 0.29) is 6.09 Å². The minimum Gasteiger partial charge on any atom is -0.445 e. The first-order chi connectivity index (χ1) is 8.67. The van der Waals surface area contributed by atoms with E-state index in [0.717, 1.165) is 31.5 Å². The summed E-state index contributed by atoms with van der Waals surface area (Å²) in [5.74, 6) is 0. The Morgan fingerprint density at radius 3 is 2.61 bits per heavy atom. The molecule has 2 aliphatic rings. The molecule has 0 bridgehead atoms. The van der Waals surface area contributed by atoms with E-state index in [1.807, 2.05) is 30.3 Å². The molecule has 1 aliphatic heterocycles. The largest absolute Gasteiger partial charge is 0.445 e. The number of nitrogens with zero attached hydrogens (tertiary/aromatic N) is 1. The first-order valence-electron chi connectivity index (χ1n) is 6.27. The van der Waals surface area contributed by atoms with Crippen molar-refractivity contribution in [3.05, 3.63) is 35.9 Å². The number of alkyl halides is 1. The molecule has 0 N–H and O–H groups in total. The van der Waals surface area contributed by atoms with Gasteiger partial charge in [-0.05, 0) is 18.4 Å². The Morgan fingerprint density at radius 2 is 2.00 bits per heavy atom. The maximum atomic E-state index is 11.8. The highest BCUT2D eigenvalue weighted by molar-refractivity contribution is 6.21. The lowest BCUT2D eigenvalue weighted by Crippen LogP contribution is -2.64.